The summed E-state index contributed by atoms with van der Waals surface area (Å²) < 4.78 is 5.24. The highest BCUT2D eigenvalue weighted by atomic mass is 16.5. The van der Waals surface area contributed by atoms with E-state index in [2.05, 4.69) is 78.6 Å². The number of hydrogen-bond acceptors (Lipinski definition) is 1. The minimum absolute atomic E-state index is 0.840. The third kappa shape index (κ3) is 2.86. The minimum Gasteiger partial charge on any atom is -0.497 e. The van der Waals surface area contributed by atoms with E-state index in [4.69, 9.17) is 4.74 Å². The maximum atomic E-state index is 5.24. The van der Waals surface area contributed by atoms with Gasteiger partial charge in [0.25, 0.3) is 0 Å². The monoisotopic (exact) mass is 358 g/mol. The van der Waals surface area contributed by atoms with Crippen molar-refractivity contribution in [2.24, 2.45) is 0 Å². The molecule has 0 N–H and O–H groups in total. The summed E-state index contributed by atoms with van der Waals surface area (Å²) in [6.45, 7) is 0. The maximum absolute atomic E-state index is 5.24. The van der Waals surface area contributed by atoms with Gasteiger partial charge in [-0.15, -0.1) is 0 Å². The van der Waals surface area contributed by atoms with Gasteiger partial charge >= 0.3 is 0 Å². The summed E-state index contributed by atoms with van der Waals surface area (Å²) in [6.07, 6.45) is 0. The molecule has 1 heteroatoms. The first-order valence-electron chi connectivity index (χ1n) is 9.32. The summed E-state index contributed by atoms with van der Waals surface area (Å²) >= 11 is 0. The van der Waals surface area contributed by atoms with E-state index >= 15 is 0 Å². The van der Waals surface area contributed by atoms with Crippen molar-refractivity contribution in [2.45, 2.75) is 0 Å². The van der Waals surface area contributed by atoms with Crippen molar-refractivity contribution in [3.05, 3.63) is 102 Å². The van der Waals surface area contributed by atoms with Crippen LogP contribution in [0.4, 0.5) is 0 Å². The van der Waals surface area contributed by atoms with E-state index in [-0.39, 0.29) is 0 Å². The van der Waals surface area contributed by atoms with E-state index in [0.29, 0.717) is 0 Å². The Kier molecular flexibility index (Phi) is 3.96. The van der Waals surface area contributed by atoms with Gasteiger partial charge in [0, 0.05) is 11.1 Å². The third-order valence-corrected chi connectivity index (χ3v) is 5.15. The molecule has 0 aliphatic carbocycles. The molecule has 5 aromatic rings. The number of rotatable bonds is 1. The first-order chi connectivity index (χ1) is 13.8. The van der Waals surface area contributed by atoms with Crippen molar-refractivity contribution in [1.29, 1.82) is 0 Å². The quantitative estimate of drug-likeness (QED) is 0.244. The van der Waals surface area contributed by atoms with Gasteiger partial charge in [0.1, 0.15) is 5.75 Å². The van der Waals surface area contributed by atoms with E-state index < -0.39 is 0 Å². The van der Waals surface area contributed by atoms with Crippen LogP contribution >= 0.6 is 0 Å². The molecule has 0 bridgehead atoms. The summed E-state index contributed by atoms with van der Waals surface area (Å²) in [5, 5.41) is 7.29. The molecule has 0 saturated carbocycles. The molecule has 0 atom stereocenters. The van der Waals surface area contributed by atoms with Gasteiger partial charge in [-0.1, -0.05) is 60.4 Å². The van der Waals surface area contributed by atoms with Crippen molar-refractivity contribution < 1.29 is 4.74 Å². The second kappa shape index (κ2) is 6.76. The molecule has 28 heavy (non-hydrogen) atoms. The van der Waals surface area contributed by atoms with Crippen molar-refractivity contribution in [1.82, 2.24) is 0 Å². The predicted octanol–water partition coefficient (Wildman–Crippen LogP) is 6.55. The van der Waals surface area contributed by atoms with Crippen LogP contribution in [0.2, 0.25) is 0 Å². The standard InChI is InChI=1S/C27H18O/c1-28-24-13-10-19(11-14-24)12-15-26-25-9-5-4-8-22(25)17-23-16-20-6-2-3-7-21(20)18-27(23)26/h2-11,13-14,16-18H,1H3. The zero-order chi connectivity index (χ0) is 18.9. The maximum Gasteiger partial charge on any atom is 0.118 e. The van der Waals surface area contributed by atoms with Crippen LogP contribution in [-0.2, 0) is 0 Å². The van der Waals surface area contributed by atoms with Crippen LogP contribution in [0.25, 0.3) is 32.3 Å². The van der Waals surface area contributed by atoms with Gasteiger partial charge in [0.15, 0.2) is 0 Å². The fraction of sp³-hybridized carbons (Fsp3) is 0.0370. The lowest BCUT2D eigenvalue weighted by atomic mass is 9.94. The Morgan fingerprint density at radius 2 is 1.21 bits per heavy atom. The van der Waals surface area contributed by atoms with E-state index in [1.807, 2.05) is 24.3 Å². The molecule has 0 aliphatic heterocycles. The van der Waals surface area contributed by atoms with Crippen molar-refractivity contribution >= 4 is 32.3 Å². The number of methoxy groups -OCH3 is 1. The molecule has 0 heterocycles. The van der Waals surface area contributed by atoms with Crippen LogP contribution < -0.4 is 4.74 Å². The molecule has 0 aliphatic rings. The lowest BCUT2D eigenvalue weighted by Crippen LogP contribution is -1.86. The van der Waals surface area contributed by atoms with Crippen LogP contribution in [0, 0.1) is 11.8 Å². The van der Waals surface area contributed by atoms with Crippen LogP contribution in [0.15, 0.2) is 91.0 Å². The molecule has 0 aromatic heterocycles. The lowest BCUT2D eigenvalue weighted by Gasteiger charge is -2.09. The van der Waals surface area contributed by atoms with Crippen LogP contribution in [0.1, 0.15) is 11.1 Å². The topological polar surface area (TPSA) is 9.23 Å². The normalized spacial score (nSPS) is 10.8. The van der Waals surface area contributed by atoms with E-state index in [0.717, 1.165) is 16.9 Å². The highest BCUT2D eigenvalue weighted by Gasteiger charge is 2.07. The van der Waals surface area contributed by atoms with Crippen molar-refractivity contribution in [3.8, 4) is 17.6 Å². The van der Waals surface area contributed by atoms with Gasteiger partial charge in [-0.05, 0) is 74.8 Å². The van der Waals surface area contributed by atoms with Gasteiger partial charge in [0.2, 0.25) is 0 Å². The number of hydrogen-bond donors (Lipinski definition) is 0. The molecule has 0 radical (unpaired) electrons. The zero-order valence-corrected chi connectivity index (χ0v) is 15.6. The lowest BCUT2D eigenvalue weighted by molar-refractivity contribution is 0.415. The highest BCUT2D eigenvalue weighted by Crippen LogP contribution is 2.31. The van der Waals surface area contributed by atoms with Crippen LogP contribution in [-0.4, -0.2) is 7.11 Å². The Balaban J connectivity index is 1.78. The zero-order valence-electron chi connectivity index (χ0n) is 15.6. The molecule has 0 spiro atoms. The van der Waals surface area contributed by atoms with Crippen LogP contribution in [0.3, 0.4) is 0 Å². The molecule has 0 amide bonds. The minimum atomic E-state index is 0.840. The second-order valence-corrected chi connectivity index (χ2v) is 6.87. The Morgan fingerprint density at radius 1 is 0.571 bits per heavy atom. The van der Waals surface area contributed by atoms with Crippen molar-refractivity contribution in [2.75, 3.05) is 7.11 Å². The number of benzene rings is 5. The molecular formula is C27H18O. The Morgan fingerprint density at radius 3 is 1.96 bits per heavy atom. The first-order valence-corrected chi connectivity index (χ1v) is 9.32. The predicted molar refractivity (Wildman–Crippen MR) is 118 cm³/mol. The summed E-state index contributed by atoms with van der Waals surface area (Å²) in [7, 11) is 1.67. The molecule has 1 nitrogen and oxygen atoms in total. The molecular weight excluding hydrogens is 340 g/mol. The van der Waals surface area contributed by atoms with Gasteiger partial charge in [-0.2, -0.15) is 0 Å². The Labute approximate surface area is 164 Å². The van der Waals surface area contributed by atoms with Gasteiger partial charge in [-0.25, -0.2) is 0 Å². The molecule has 0 fully saturated rings. The second-order valence-electron chi connectivity index (χ2n) is 6.87. The average Bonchev–Trinajstić information content (AvgIpc) is 2.75. The van der Waals surface area contributed by atoms with Crippen LogP contribution in [0.5, 0.6) is 5.75 Å². The molecule has 132 valence electrons. The van der Waals surface area contributed by atoms with Gasteiger partial charge < -0.3 is 4.74 Å². The summed E-state index contributed by atoms with van der Waals surface area (Å²) in [4.78, 5) is 0. The molecule has 5 rings (SSSR count). The van der Waals surface area contributed by atoms with E-state index in [1.165, 1.54) is 32.3 Å². The Bertz CT molecular complexity index is 1380. The fourth-order valence-corrected chi connectivity index (χ4v) is 3.70. The summed E-state index contributed by atoms with van der Waals surface area (Å²) in [5.74, 6) is 7.64. The van der Waals surface area contributed by atoms with E-state index in [9.17, 15) is 0 Å². The highest BCUT2D eigenvalue weighted by molar-refractivity contribution is 6.09. The molecule has 0 unspecified atom stereocenters. The first kappa shape index (κ1) is 16.4. The fourth-order valence-electron chi connectivity index (χ4n) is 3.70. The molecule has 5 aromatic carbocycles. The molecule has 0 saturated heterocycles. The van der Waals surface area contributed by atoms with Crippen molar-refractivity contribution in [3.63, 3.8) is 0 Å². The summed E-state index contributed by atoms with van der Waals surface area (Å²) in [6, 6.07) is 31.6. The number of fused-ring (bicyclic) bond motifs is 3. The largest absolute Gasteiger partial charge is 0.497 e. The SMILES string of the molecule is COc1ccc(C#Cc2c3ccccc3cc3cc4ccccc4cc23)cc1. The average molecular weight is 358 g/mol. The van der Waals surface area contributed by atoms with Gasteiger partial charge in [-0.3, -0.25) is 0 Å². The smallest absolute Gasteiger partial charge is 0.118 e. The third-order valence-electron chi connectivity index (χ3n) is 5.15. The van der Waals surface area contributed by atoms with E-state index in [1.54, 1.807) is 7.11 Å². The Hall–Kier alpha value is -3.76. The number of ether oxygens (including phenoxy) is 1. The summed E-state index contributed by atoms with van der Waals surface area (Å²) in [5.41, 5.74) is 2.05. The van der Waals surface area contributed by atoms with Gasteiger partial charge in [0.05, 0.1) is 7.11 Å².